The predicted molar refractivity (Wildman–Crippen MR) is 101 cm³/mol. The molecular weight excluding hydrogens is 371 g/mol. The highest BCUT2D eigenvalue weighted by molar-refractivity contribution is 6.12. The molecule has 0 atom stereocenters. The van der Waals surface area contributed by atoms with E-state index >= 15 is 0 Å². The van der Waals surface area contributed by atoms with Crippen molar-refractivity contribution in [2.45, 2.75) is 26.9 Å². The number of hydrazone groups is 1. The van der Waals surface area contributed by atoms with Gasteiger partial charge in [0, 0.05) is 11.1 Å². The molecule has 0 aliphatic carbocycles. The Bertz CT molecular complexity index is 1080. The molecule has 0 radical (unpaired) electrons. The van der Waals surface area contributed by atoms with Gasteiger partial charge in [-0.05, 0) is 56.2 Å². The monoisotopic (exact) mass is 389 g/mol. The first-order chi connectivity index (χ1) is 13.1. The number of nitrogens with one attached hydrogen (secondary N) is 1. The fourth-order valence-corrected chi connectivity index (χ4v) is 3.33. The Morgan fingerprint density at radius 1 is 1.14 bits per heavy atom. The van der Waals surface area contributed by atoms with E-state index in [0.29, 0.717) is 17.5 Å². The van der Waals surface area contributed by atoms with Gasteiger partial charge >= 0.3 is 6.18 Å². The number of halogens is 3. The van der Waals surface area contributed by atoms with Gasteiger partial charge in [0.15, 0.2) is 0 Å². The summed E-state index contributed by atoms with van der Waals surface area (Å²) in [7, 11) is 0. The number of rotatable bonds is 4. The number of carbonyl (C=O) groups excluding carboxylic acids is 1. The molecule has 0 bridgehead atoms. The number of aromatic nitrogens is 1. The zero-order valence-electron chi connectivity index (χ0n) is 15.4. The Labute approximate surface area is 159 Å². The van der Waals surface area contributed by atoms with E-state index in [4.69, 9.17) is 0 Å². The van der Waals surface area contributed by atoms with Crippen LogP contribution in [0, 0.1) is 13.8 Å². The minimum atomic E-state index is -4.52. The number of carbonyl (C=O) groups is 1. The van der Waals surface area contributed by atoms with E-state index in [1.54, 1.807) is 19.1 Å². The summed E-state index contributed by atoms with van der Waals surface area (Å²) in [4.78, 5) is 10.5. The number of amides is 1. The normalized spacial score (nSPS) is 12.4. The topological polar surface area (TPSA) is 66.6 Å². The summed E-state index contributed by atoms with van der Waals surface area (Å²) < 4.78 is 41.2. The van der Waals surface area contributed by atoms with Gasteiger partial charge in [-0.3, -0.25) is 9.36 Å². The first-order valence-electron chi connectivity index (χ1n) is 8.40. The molecule has 0 aliphatic heterocycles. The molecule has 28 heavy (non-hydrogen) atoms. The zero-order valence-corrected chi connectivity index (χ0v) is 15.4. The maximum absolute atomic E-state index is 13.3. The van der Waals surface area contributed by atoms with E-state index in [-0.39, 0.29) is 22.7 Å². The Morgan fingerprint density at radius 3 is 2.36 bits per heavy atom. The van der Waals surface area contributed by atoms with Gasteiger partial charge in [0.1, 0.15) is 0 Å². The second kappa shape index (κ2) is 7.03. The molecule has 1 aromatic heterocycles. The van der Waals surface area contributed by atoms with E-state index in [2.05, 4.69) is 10.5 Å². The number of hydrogen-bond acceptors (Lipinski definition) is 3. The van der Waals surface area contributed by atoms with Gasteiger partial charge in [0.05, 0.1) is 22.4 Å². The van der Waals surface area contributed by atoms with Gasteiger partial charge in [0.25, 0.3) is 0 Å². The summed E-state index contributed by atoms with van der Waals surface area (Å²) in [5.41, 5.74) is 4.35. The zero-order chi connectivity index (χ0) is 20.6. The van der Waals surface area contributed by atoms with E-state index in [1.807, 2.05) is 19.9 Å². The number of hydrogen-bond donors (Lipinski definition) is 2. The average molecular weight is 389 g/mol. The number of benzene rings is 2. The summed E-state index contributed by atoms with van der Waals surface area (Å²) in [6.07, 6.45) is -4.16. The van der Waals surface area contributed by atoms with Crippen LogP contribution in [-0.2, 0) is 11.0 Å². The second-order valence-corrected chi connectivity index (χ2v) is 6.55. The summed E-state index contributed by atoms with van der Waals surface area (Å²) in [6, 6.07) is 8.72. The summed E-state index contributed by atoms with van der Waals surface area (Å²) in [6.45, 7) is 5.28. The third-order valence-electron chi connectivity index (χ3n) is 4.38. The highest BCUT2D eigenvalue weighted by atomic mass is 19.4. The van der Waals surface area contributed by atoms with Crippen molar-refractivity contribution in [3.63, 3.8) is 0 Å². The molecule has 1 amide bonds. The maximum Gasteiger partial charge on any atom is 0.416 e. The minimum Gasteiger partial charge on any atom is -0.494 e. The van der Waals surface area contributed by atoms with Crippen LogP contribution in [0.4, 0.5) is 13.2 Å². The molecule has 146 valence electrons. The lowest BCUT2D eigenvalue weighted by Crippen LogP contribution is -2.06. The van der Waals surface area contributed by atoms with Crippen LogP contribution >= 0.6 is 0 Å². The molecule has 5 nitrogen and oxygen atoms in total. The summed E-state index contributed by atoms with van der Waals surface area (Å²) in [5.74, 6) is -0.256. The minimum absolute atomic E-state index is 0.188. The van der Waals surface area contributed by atoms with Crippen LogP contribution < -0.4 is 5.43 Å². The molecule has 3 rings (SSSR count). The van der Waals surface area contributed by atoms with Crippen LogP contribution in [0.3, 0.4) is 0 Å². The van der Waals surface area contributed by atoms with Gasteiger partial charge in [0.2, 0.25) is 12.3 Å². The molecule has 0 spiro atoms. The number of nitrogens with zero attached hydrogens (tertiary/aromatic N) is 2. The number of alkyl halides is 3. The van der Waals surface area contributed by atoms with Crippen molar-refractivity contribution in [2.75, 3.05) is 0 Å². The number of fused-ring (bicyclic) bond motifs is 1. The highest BCUT2D eigenvalue weighted by Gasteiger charge is 2.32. The van der Waals surface area contributed by atoms with Gasteiger partial charge < -0.3 is 5.11 Å². The van der Waals surface area contributed by atoms with Crippen LogP contribution in [0.2, 0.25) is 0 Å². The van der Waals surface area contributed by atoms with Crippen molar-refractivity contribution in [3.8, 4) is 11.6 Å². The van der Waals surface area contributed by atoms with Crippen molar-refractivity contribution >= 4 is 23.0 Å². The third-order valence-corrected chi connectivity index (χ3v) is 4.38. The Kier molecular flexibility index (Phi) is 4.89. The standard InChI is InChI=1S/C20H18F3N3O2/c1-11-6-12(2)8-15(7-11)26-17-9-14(20(21,22)23)4-5-16(17)18(19(26)28)13(3)25-24-10-27/h4-10,28H,1-3H3,(H,24,27). The van der Waals surface area contributed by atoms with Gasteiger partial charge in [-0.25, -0.2) is 5.43 Å². The molecular formula is C20H18F3N3O2. The van der Waals surface area contributed by atoms with Crippen LogP contribution in [0.25, 0.3) is 16.6 Å². The Balaban J connectivity index is 2.40. The lowest BCUT2D eigenvalue weighted by atomic mass is 10.1. The SMILES string of the molecule is CC(=NNC=O)c1c(O)n(-c2cc(C)cc(C)c2)c2cc(C(F)(F)F)ccc12. The fourth-order valence-electron chi connectivity index (χ4n) is 3.33. The van der Waals surface area contributed by atoms with Crippen molar-refractivity contribution in [1.82, 2.24) is 9.99 Å². The van der Waals surface area contributed by atoms with E-state index in [0.717, 1.165) is 23.3 Å². The van der Waals surface area contributed by atoms with Crippen LogP contribution in [0.15, 0.2) is 41.5 Å². The number of aryl methyl sites for hydroxylation is 2. The lowest BCUT2D eigenvalue weighted by Gasteiger charge is -2.11. The van der Waals surface area contributed by atoms with E-state index < -0.39 is 11.7 Å². The molecule has 0 fully saturated rings. The molecule has 0 unspecified atom stereocenters. The molecule has 1 heterocycles. The first-order valence-corrected chi connectivity index (χ1v) is 8.40. The Morgan fingerprint density at radius 2 is 1.79 bits per heavy atom. The smallest absolute Gasteiger partial charge is 0.416 e. The van der Waals surface area contributed by atoms with E-state index in [1.165, 1.54) is 10.6 Å². The molecule has 2 aromatic carbocycles. The van der Waals surface area contributed by atoms with Crippen LogP contribution in [0.5, 0.6) is 5.88 Å². The van der Waals surface area contributed by atoms with Crippen LogP contribution in [0.1, 0.15) is 29.2 Å². The van der Waals surface area contributed by atoms with Gasteiger partial charge in [-0.2, -0.15) is 18.3 Å². The van der Waals surface area contributed by atoms with Crippen molar-refractivity contribution < 1.29 is 23.1 Å². The summed E-state index contributed by atoms with van der Waals surface area (Å²) in [5, 5.41) is 15.1. The molecule has 0 saturated carbocycles. The molecule has 8 heteroatoms. The highest BCUT2D eigenvalue weighted by Crippen LogP contribution is 2.39. The van der Waals surface area contributed by atoms with Gasteiger partial charge in [-0.15, -0.1) is 0 Å². The van der Waals surface area contributed by atoms with Crippen molar-refractivity contribution in [3.05, 3.63) is 58.7 Å². The van der Waals surface area contributed by atoms with E-state index in [9.17, 15) is 23.1 Å². The Hall–Kier alpha value is -3.29. The van der Waals surface area contributed by atoms with Crippen molar-refractivity contribution in [1.29, 1.82) is 0 Å². The van der Waals surface area contributed by atoms with Gasteiger partial charge in [-0.1, -0.05) is 12.1 Å². The van der Waals surface area contributed by atoms with Crippen molar-refractivity contribution in [2.24, 2.45) is 5.10 Å². The summed E-state index contributed by atoms with van der Waals surface area (Å²) >= 11 is 0. The molecule has 0 aliphatic rings. The van der Waals surface area contributed by atoms with Crippen LogP contribution in [-0.4, -0.2) is 21.8 Å². The molecule has 3 aromatic rings. The molecule has 0 saturated heterocycles. The number of aromatic hydroxyl groups is 1. The predicted octanol–water partition coefficient (Wildman–Crippen LogP) is 4.44. The quantitative estimate of drug-likeness (QED) is 0.394. The maximum atomic E-state index is 13.3. The largest absolute Gasteiger partial charge is 0.494 e. The molecule has 2 N–H and O–H groups in total. The third kappa shape index (κ3) is 3.45. The fraction of sp³-hybridized carbons (Fsp3) is 0.200. The second-order valence-electron chi connectivity index (χ2n) is 6.55. The lowest BCUT2D eigenvalue weighted by molar-refractivity contribution is -0.137. The first kappa shape index (κ1) is 19.5. The average Bonchev–Trinajstić information content (AvgIpc) is 2.89.